The Balaban J connectivity index is 2.21. The van der Waals surface area contributed by atoms with Gasteiger partial charge in [0.1, 0.15) is 0 Å². The standard InChI is InChI=1S/C12H13BrN2/c1-10(13)7-11-8-14-15(9-11)12-5-3-2-4-6-12/h2-6,8-10H,7H2,1H3. The van der Waals surface area contributed by atoms with Gasteiger partial charge in [-0.25, -0.2) is 4.68 Å². The topological polar surface area (TPSA) is 17.8 Å². The van der Waals surface area contributed by atoms with Gasteiger partial charge in [0.15, 0.2) is 0 Å². The summed E-state index contributed by atoms with van der Waals surface area (Å²) in [6, 6.07) is 10.1. The number of rotatable bonds is 3. The molecule has 0 aliphatic rings. The average molecular weight is 265 g/mol. The Morgan fingerprint density at radius 1 is 1.33 bits per heavy atom. The number of halogens is 1. The summed E-state index contributed by atoms with van der Waals surface area (Å²) in [5.41, 5.74) is 2.36. The first-order valence-electron chi connectivity index (χ1n) is 4.99. The van der Waals surface area contributed by atoms with E-state index in [2.05, 4.69) is 34.1 Å². The van der Waals surface area contributed by atoms with Gasteiger partial charge in [-0.15, -0.1) is 0 Å². The molecule has 2 rings (SSSR count). The summed E-state index contributed by atoms with van der Waals surface area (Å²) >= 11 is 3.54. The third kappa shape index (κ3) is 2.69. The van der Waals surface area contributed by atoms with Crippen molar-refractivity contribution in [2.75, 3.05) is 0 Å². The number of hydrogen-bond donors (Lipinski definition) is 0. The van der Waals surface area contributed by atoms with E-state index in [4.69, 9.17) is 0 Å². The highest BCUT2D eigenvalue weighted by Gasteiger charge is 2.03. The van der Waals surface area contributed by atoms with Crippen LogP contribution in [0.15, 0.2) is 42.7 Å². The highest BCUT2D eigenvalue weighted by atomic mass is 79.9. The van der Waals surface area contributed by atoms with Crippen molar-refractivity contribution >= 4 is 15.9 Å². The molecule has 15 heavy (non-hydrogen) atoms. The van der Waals surface area contributed by atoms with Crippen LogP contribution < -0.4 is 0 Å². The molecule has 1 aromatic carbocycles. The van der Waals surface area contributed by atoms with Crippen molar-refractivity contribution in [1.82, 2.24) is 9.78 Å². The predicted molar refractivity (Wildman–Crippen MR) is 65.7 cm³/mol. The van der Waals surface area contributed by atoms with Gasteiger partial charge in [0.25, 0.3) is 0 Å². The lowest BCUT2D eigenvalue weighted by Crippen LogP contribution is -1.95. The van der Waals surface area contributed by atoms with Crippen molar-refractivity contribution in [3.8, 4) is 5.69 Å². The van der Waals surface area contributed by atoms with Gasteiger partial charge < -0.3 is 0 Å². The molecular formula is C12H13BrN2. The molecule has 0 bridgehead atoms. The fourth-order valence-corrected chi connectivity index (χ4v) is 1.89. The largest absolute Gasteiger partial charge is 0.241 e. The molecule has 0 aliphatic carbocycles. The van der Waals surface area contributed by atoms with Gasteiger partial charge in [0.05, 0.1) is 11.9 Å². The lowest BCUT2D eigenvalue weighted by molar-refractivity contribution is 0.878. The van der Waals surface area contributed by atoms with Crippen LogP contribution in [0.25, 0.3) is 5.69 Å². The number of hydrogen-bond acceptors (Lipinski definition) is 1. The minimum Gasteiger partial charge on any atom is -0.241 e. The third-order valence-corrected chi connectivity index (χ3v) is 2.50. The van der Waals surface area contributed by atoms with Crippen LogP contribution in [0.2, 0.25) is 0 Å². The molecule has 3 heteroatoms. The lowest BCUT2D eigenvalue weighted by atomic mass is 10.2. The fourth-order valence-electron chi connectivity index (χ4n) is 1.51. The van der Waals surface area contributed by atoms with Crippen molar-refractivity contribution in [3.63, 3.8) is 0 Å². The van der Waals surface area contributed by atoms with E-state index in [-0.39, 0.29) is 0 Å². The normalized spacial score (nSPS) is 12.7. The summed E-state index contributed by atoms with van der Waals surface area (Å²) in [6.45, 7) is 2.14. The number of para-hydroxylation sites is 1. The first kappa shape index (κ1) is 10.4. The molecule has 0 spiro atoms. The number of nitrogens with zero attached hydrogens (tertiary/aromatic N) is 2. The SMILES string of the molecule is CC(Br)Cc1cnn(-c2ccccc2)c1. The van der Waals surface area contributed by atoms with E-state index in [1.54, 1.807) is 0 Å². The summed E-state index contributed by atoms with van der Waals surface area (Å²) < 4.78 is 1.91. The van der Waals surface area contributed by atoms with E-state index in [1.807, 2.05) is 41.2 Å². The Morgan fingerprint density at radius 2 is 2.07 bits per heavy atom. The molecule has 0 N–H and O–H groups in total. The van der Waals surface area contributed by atoms with Gasteiger partial charge >= 0.3 is 0 Å². The van der Waals surface area contributed by atoms with Crippen molar-refractivity contribution in [2.24, 2.45) is 0 Å². The maximum absolute atomic E-state index is 4.34. The van der Waals surface area contributed by atoms with Crippen LogP contribution in [0, 0.1) is 0 Å². The fraction of sp³-hybridized carbons (Fsp3) is 0.250. The van der Waals surface area contributed by atoms with Gasteiger partial charge in [-0.3, -0.25) is 0 Å². The average Bonchev–Trinajstić information content (AvgIpc) is 2.67. The van der Waals surface area contributed by atoms with Crippen LogP contribution in [-0.4, -0.2) is 14.6 Å². The van der Waals surface area contributed by atoms with Crippen molar-refractivity contribution in [3.05, 3.63) is 48.3 Å². The number of benzene rings is 1. The molecule has 0 fully saturated rings. The maximum Gasteiger partial charge on any atom is 0.0645 e. The van der Waals surface area contributed by atoms with Gasteiger partial charge in [-0.1, -0.05) is 41.1 Å². The zero-order valence-corrected chi connectivity index (χ0v) is 10.2. The number of aromatic nitrogens is 2. The zero-order chi connectivity index (χ0) is 10.7. The molecule has 1 aromatic heterocycles. The summed E-state index contributed by atoms with van der Waals surface area (Å²) in [4.78, 5) is 0.492. The van der Waals surface area contributed by atoms with E-state index < -0.39 is 0 Å². The molecule has 1 heterocycles. The number of alkyl halides is 1. The molecule has 78 valence electrons. The molecule has 0 saturated carbocycles. The molecule has 0 aliphatic heterocycles. The van der Waals surface area contributed by atoms with Crippen LogP contribution in [0.5, 0.6) is 0 Å². The summed E-state index contributed by atoms with van der Waals surface area (Å²) in [5, 5.41) is 4.34. The third-order valence-electron chi connectivity index (χ3n) is 2.17. The second kappa shape index (κ2) is 4.62. The Kier molecular flexibility index (Phi) is 3.21. The first-order valence-corrected chi connectivity index (χ1v) is 5.90. The molecule has 2 nitrogen and oxygen atoms in total. The zero-order valence-electron chi connectivity index (χ0n) is 8.60. The Hall–Kier alpha value is -1.09. The Bertz CT molecular complexity index is 420. The molecule has 2 aromatic rings. The second-order valence-electron chi connectivity index (χ2n) is 3.61. The van der Waals surface area contributed by atoms with Crippen LogP contribution in [0.4, 0.5) is 0 Å². The Labute approximate surface area is 98.1 Å². The maximum atomic E-state index is 4.34. The van der Waals surface area contributed by atoms with E-state index in [0.717, 1.165) is 12.1 Å². The van der Waals surface area contributed by atoms with Crippen molar-refractivity contribution in [2.45, 2.75) is 18.2 Å². The van der Waals surface area contributed by atoms with E-state index in [1.165, 1.54) is 5.56 Å². The van der Waals surface area contributed by atoms with Gasteiger partial charge in [-0.2, -0.15) is 5.10 Å². The minimum atomic E-state index is 0.492. The van der Waals surface area contributed by atoms with Gasteiger partial charge in [0.2, 0.25) is 0 Å². The summed E-state index contributed by atoms with van der Waals surface area (Å²) in [7, 11) is 0. The van der Waals surface area contributed by atoms with Crippen LogP contribution >= 0.6 is 15.9 Å². The van der Waals surface area contributed by atoms with Crippen LogP contribution in [-0.2, 0) is 6.42 Å². The van der Waals surface area contributed by atoms with Crippen molar-refractivity contribution in [1.29, 1.82) is 0 Å². The van der Waals surface area contributed by atoms with Crippen LogP contribution in [0.3, 0.4) is 0 Å². The first-order chi connectivity index (χ1) is 7.25. The second-order valence-corrected chi connectivity index (χ2v) is 5.18. The highest BCUT2D eigenvalue weighted by molar-refractivity contribution is 9.09. The summed E-state index contributed by atoms with van der Waals surface area (Å²) in [5.74, 6) is 0. The monoisotopic (exact) mass is 264 g/mol. The van der Waals surface area contributed by atoms with E-state index in [0.29, 0.717) is 4.83 Å². The molecule has 1 atom stereocenters. The minimum absolute atomic E-state index is 0.492. The smallest absolute Gasteiger partial charge is 0.0645 e. The molecule has 0 radical (unpaired) electrons. The molecule has 0 saturated heterocycles. The lowest BCUT2D eigenvalue weighted by Gasteiger charge is -2.00. The molecule has 1 unspecified atom stereocenters. The quantitative estimate of drug-likeness (QED) is 0.779. The van der Waals surface area contributed by atoms with Gasteiger partial charge in [-0.05, 0) is 24.1 Å². The van der Waals surface area contributed by atoms with Crippen LogP contribution in [0.1, 0.15) is 12.5 Å². The highest BCUT2D eigenvalue weighted by Crippen LogP contribution is 2.11. The molecule has 0 amide bonds. The van der Waals surface area contributed by atoms with E-state index in [9.17, 15) is 0 Å². The van der Waals surface area contributed by atoms with Crippen molar-refractivity contribution < 1.29 is 0 Å². The predicted octanol–water partition coefficient (Wildman–Crippen LogP) is 3.20. The Morgan fingerprint density at radius 3 is 2.73 bits per heavy atom. The molecular weight excluding hydrogens is 252 g/mol. The van der Waals surface area contributed by atoms with Gasteiger partial charge in [0, 0.05) is 11.0 Å². The summed E-state index contributed by atoms with van der Waals surface area (Å²) in [6.07, 6.45) is 5.00. The van der Waals surface area contributed by atoms with E-state index >= 15 is 0 Å².